The van der Waals surface area contributed by atoms with Crippen molar-refractivity contribution < 1.29 is 9.59 Å². The maximum absolute atomic E-state index is 11.5. The van der Waals surface area contributed by atoms with E-state index in [4.69, 9.17) is 0 Å². The van der Waals surface area contributed by atoms with Crippen molar-refractivity contribution in [2.75, 3.05) is 42.1 Å². The molecule has 0 aliphatic carbocycles. The molecule has 7 nitrogen and oxygen atoms in total. The van der Waals surface area contributed by atoms with Gasteiger partial charge in [0.15, 0.2) is 0 Å². The normalized spacial score (nSPS) is 18.7. The molecule has 0 fully saturated rings. The Morgan fingerprint density at radius 1 is 0.468 bits per heavy atom. The number of carbonyl (C=O) groups is 2. The summed E-state index contributed by atoms with van der Waals surface area (Å²) in [5.41, 5.74) is 15.6. The summed E-state index contributed by atoms with van der Waals surface area (Å²) in [4.78, 5) is 22.9. The summed E-state index contributed by atoms with van der Waals surface area (Å²) in [5.74, 6) is 2.16. The molecular weight excluding hydrogens is 763 g/mol. The Hall–Kier alpha value is -5.56. The van der Waals surface area contributed by atoms with Gasteiger partial charge in [-0.1, -0.05) is 155 Å². The van der Waals surface area contributed by atoms with Crippen molar-refractivity contribution in [1.82, 2.24) is 10.6 Å². The van der Waals surface area contributed by atoms with Gasteiger partial charge in [-0.2, -0.15) is 0 Å². The fraction of sp³-hybridized carbons (Fsp3) is 0.418. The van der Waals surface area contributed by atoms with Crippen molar-refractivity contribution in [3.63, 3.8) is 0 Å². The van der Waals surface area contributed by atoms with Gasteiger partial charge in [0.2, 0.25) is 0 Å². The summed E-state index contributed by atoms with van der Waals surface area (Å²) in [6, 6.07) is 37.9. The highest BCUT2D eigenvalue weighted by Gasteiger charge is 2.31. The van der Waals surface area contributed by atoms with Gasteiger partial charge in [-0.3, -0.25) is 9.59 Å². The van der Waals surface area contributed by atoms with E-state index in [-0.39, 0.29) is 22.6 Å². The third-order valence-corrected chi connectivity index (χ3v) is 12.6. The van der Waals surface area contributed by atoms with E-state index in [0.717, 1.165) is 49.3 Å². The Labute approximate surface area is 372 Å². The molecule has 0 spiro atoms. The second kappa shape index (κ2) is 19.2. The summed E-state index contributed by atoms with van der Waals surface area (Å²) < 4.78 is 0. The quantitative estimate of drug-likeness (QED) is 0.107. The van der Waals surface area contributed by atoms with Crippen LogP contribution in [0.25, 0.3) is 0 Å². The van der Waals surface area contributed by atoms with E-state index >= 15 is 0 Å². The Kier molecular flexibility index (Phi) is 14.3. The third kappa shape index (κ3) is 11.3. The number of amides is 2. The van der Waals surface area contributed by atoms with Crippen LogP contribution in [0.3, 0.4) is 0 Å². The van der Waals surface area contributed by atoms with Crippen LogP contribution in [-0.2, 0) is 23.8 Å². The Morgan fingerprint density at radius 3 is 1.37 bits per heavy atom. The van der Waals surface area contributed by atoms with Crippen LogP contribution in [0.4, 0.5) is 17.1 Å². The first kappa shape index (κ1) is 46.0. The molecule has 0 radical (unpaired) electrons. The van der Waals surface area contributed by atoms with E-state index in [9.17, 15) is 9.59 Å². The standard InChI is InChI=1S/C13H17NO.C12H15NO.C12H17N.2C9H11N/c1-13(2,3)10-4-5-11-9(8-10)6-7-14-12(11)15;1-12(2,3)9-4-5-10-8(6-9)7-13-11(10)14;1-12(2,3)10-8-13-11-7-5-4-6-9(10)11;2*1-7-6-10-9-5-3-2-4-8(7)9/h4-5,8H,6-7H2,1-3H3,(H,14,15);4-6H,7H2,1-3H3,(H,13,14);4-7,10,13H,8H2,1-3H3;2*2-5,7,10H,6H2,1H3/t;;;2*7-/m...10/s1. The minimum absolute atomic E-state index is 0.0560. The number of carbonyl (C=O) groups excluding carboxylic acids is 2. The van der Waals surface area contributed by atoms with Crippen molar-refractivity contribution in [3.05, 3.63) is 159 Å². The fourth-order valence-corrected chi connectivity index (χ4v) is 8.57. The fourth-order valence-electron chi connectivity index (χ4n) is 8.57. The molecule has 0 saturated carbocycles. The van der Waals surface area contributed by atoms with E-state index in [2.05, 4.69) is 194 Å². The molecular formula is C55H71N5O2. The number of nitrogens with one attached hydrogen (secondary N) is 5. The molecule has 5 aromatic carbocycles. The molecule has 10 rings (SSSR count). The minimum Gasteiger partial charge on any atom is -0.384 e. The molecule has 5 aromatic rings. The maximum atomic E-state index is 11.5. The molecule has 5 aliphatic heterocycles. The average molecular weight is 834 g/mol. The summed E-state index contributed by atoms with van der Waals surface area (Å²) in [6.07, 6.45) is 0.949. The van der Waals surface area contributed by atoms with Crippen molar-refractivity contribution in [1.29, 1.82) is 0 Å². The molecule has 5 heterocycles. The SMILES string of the molecule is CC(C)(C)C1CNc2ccccc21.CC(C)(C)c1ccc2c(c1)CCNC2=O.CC(C)(C)c1ccc2c(c1)CNC2=O.C[C@@H]1CNc2ccccc21.C[C@H]1CNc2ccccc21. The number of para-hydroxylation sites is 3. The highest BCUT2D eigenvalue weighted by atomic mass is 16.2. The number of hydrogen-bond donors (Lipinski definition) is 5. The molecule has 0 saturated heterocycles. The average Bonchev–Trinajstić information content (AvgIpc) is 4.04. The Morgan fingerprint density at radius 2 is 0.887 bits per heavy atom. The topological polar surface area (TPSA) is 94.3 Å². The molecule has 7 heteroatoms. The van der Waals surface area contributed by atoms with E-state index in [1.165, 1.54) is 50.4 Å². The molecule has 0 aromatic heterocycles. The van der Waals surface area contributed by atoms with Crippen molar-refractivity contribution in [2.45, 2.75) is 118 Å². The van der Waals surface area contributed by atoms with Gasteiger partial charge in [-0.05, 0) is 91.9 Å². The summed E-state index contributed by atoms with van der Waals surface area (Å²) in [5, 5.41) is 15.8. The lowest BCUT2D eigenvalue weighted by Gasteiger charge is -2.26. The molecule has 5 N–H and O–H groups in total. The van der Waals surface area contributed by atoms with E-state index in [1.54, 1.807) is 0 Å². The van der Waals surface area contributed by atoms with Gasteiger partial charge in [-0.15, -0.1) is 0 Å². The largest absolute Gasteiger partial charge is 0.384 e. The van der Waals surface area contributed by atoms with Crippen LogP contribution in [0, 0.1) is 5.41 Å². The second-order valence-electron chi connectivity index (χ2n) is 20.6. The van der Waals surface area contributed by atoms with Crippen LogP contribution >= 0.6 is 0 Å². The third-order valence-electron chi connectivity index (χ3n) is 12.6. The van der Waals surface area contributed by atoms with E-state index < -0.39 is 0 Å². The van der Waals surface area contributed by atoms with Crippen LogP contribution in [-0.4, -0.2) is 38.0 Å². The van der Waals surface area contributed by atoms with Gasteiger partial charge in [0.05, 0.1) is 0 Å². The van der Waals surface area contributed by atoms with Crippen LogP contribution in [0.1, 0.15) is 154 Å². The van der Waals surface area contributed by atoms with E-state index in [0.29, 0.717) is 29.7 Å². The van der Waals surface area contributed by atoms with Gasteiger partial charge in [-0.25, -0.2) is 0 Å². The number of benzene rings is 5. The molecule has 2 amide bonds. The van der Waals surface area contributed by atoms with E-state index in [1.807, 2.05) is 18.2 Å². The molecule has 62 heavy (non-hydrogen) atoms. The van der Waals surface area contributed by atoms with Gasteiger partial charge in [0.1, 0.15) is 0 Å². The van der Waals surface area contributed by atoms with Crippen LogP contribution < -0.4 is 26.6 Å². The Bertz CT molecular complexity index is 2290. The molecule has 5 aliphatic rings. The lowest BCUT2D eigenvalue weighted by molar-refractivity contribution is 0.0943. The lowest BCUT2D eigenvalue weighted by atomic mass is 9.78. The number of hydrogen-bond acceptors (Lipinski definition) is 5. The van der Waals surface area contributed by atoms with Crippen LogP contribution in [0.5, 0.6) is 0 Å². The number of anilines is 3. The highest BCUT2D eigenvalue weighted by molar-refractivity contribution is 5.98. The number of rotatable bonds is 0. The molecule has 1 unspecified atom stereocenters. The summed E-state index contributed by atoms with van der Waals surface area (Å²) in [6.45, 7) is 29.3. The first-order valence-corrected chi connectivity index (χ1v) is 22.6. The van der Waals surface area contributed by atoms with Crippen LogP contribution in [0.15, 0.2) is 109 Å². The Balaban J connectivity index is 0.000000130. The number of fused-ring (bicyclic) bond motifs is 5. The van der Waals surface area contributed by atoms with Crippen molar-refractivity contribution in [2.24, 2.45) is 5.41 Å². The predicted molar refractivity (Wildman–Crippen MR) is 261 cm³/mol. The van der Waals surface area contributed by atoms with Crippen LogP contribution in [0.2, 0.25) is 0 Å². The summed E-state index contributed by atoms with van der Waals surface area (Å²) >= 11 is 0. The zero-order chi connectivity index (χ0) is 44.8. The highest BCUT2D eigenvalue weighted by Crippen LogP contribution is 2.42. The monoisotopic (exact) mass is 834 g/mol. The zero-order valence-corrected chi connectivity index (χ0v) is 39.2. The minimum atomic E-state index is 0.0560. The summed E-state index contributed by atoms with van der Waals surface area (Å²) in [7, 11) is 0. The van der Waals surface area contributed by atoms with Crippen molar-refractivity contribution >= 4 is 28.9 Å². The maximum Gasteiger partial charge on any atom is 0.251 e. The predicted octanol–water partition coefficient (Wildman–Crippen LogP) is 12.2. The van der Waals surface area contributed by atoms with Gasteiger partial charge in [0, 0.05) is 78.7 Å². The zero-order valence-electron chi connectivity index (χ0n) is 39.2. The lowest BCUT2D eigenvalue weighted by Crippen LogP contribution is -2.32. The van der Waals surface area contributed by atoms with Gasteiger partial charge < -0.3 is 26.6 Å². The first-order chi connectivity index (χ1) is 29.3. The first-order valence-electron chi connectivity index (χ1n) is 22.6. The van der Waals surface area contributed by atoms with Gasteiger partial charge in [0.25, 0.3) is 11.8 Å². The smallest absolute Gasteiger partial charge is 0.251 e. The molecule has 3 atom stereocenters. The van der Waals surface area contributed by atoms with Crippen molar-refractivity contribution in [3.8, 4) is 0 Å². The molecule has 0 bridgehead atoms. The molecule has 328 valence electrons. The van der Waals surface area contributed by atoms with Gasteiger partial charge >= 0.3 is 0 Å². The second-order valence-corrected chi connectivity index (χ2v) is 20.6.